The summed E-state index contributed by atoms with van der Waals surface area (Å²) in [6.45, 7) is 2.77. The van der Waals surface area contributed by atoms with Gasteiger partial charge in [0.05, 0.1) is 5.69 Å². The zero-order valence-electron chi connectivity index (χ0n) is 11.7. The third kappa shape index (κ3) is 3.13. The van der Waals surface area contributed by atoms with Crippen LogP contribution in [0.15, 0.2) is 16.9 Å². The van der Waals surface area contributed by atoms with Gasteiger partial charge in [-0.2, -0.15) is 5.10 Å². The highest BCUT2D eigenvalue weighted by Gasteiger charge is 2.31. The van der Waals surface area contributed by atoms with E-state index in [-0.39, 0.29) is 11.7 Å². The Bertz CT molecular complexity index is 694. The lowest BCUT2D eigenvalue weighted by Gasteiger charge is -2.30. The molecule has 114 valence electrons. The van der Waals surface area contributed by atoms with Crippen LogP contribution >= 0.6 is 0 Å². The van der Waals surface area contributed by atoms with Crippen LogP contribution in [0.5, 0.6) is 0 Å². The molecule has 9 heteroatoms. The Labute approximate surface area is 122 Å². The van der Waals surface area contributed by atoms with E-state index in [1.54, 1.807) is 6.07 Å². The monoisotopic (exact) mass is 311 g/mol. The van der Waals surface area contributed by atoms with Gasteiger partial charge in [-0.3, -0.25) is 5.10 Å². The molecule has 3 heterocycles. The largest absolute Gasteiger partial charge is 0.364 e. The van der Waals surface area contributed by atoms with E-state index in [9.17, 15) is 8.42 Å². The summed E-state index contributed by atoms with van der Waals surface area (Å²) in [4.78, 5) is 4.31. The fraction of sp³-hybridized carbons (Fsp3) is 0.583. The maximum Gasteiger partial charge on any atom is 0.219 e. The molecule has 2 aromatic heterocycles. The maximum atomic E-state index is 12.4. The van der Waals surface area contributed by atoms with Crippen molar-refractivity contribution in [2.24, 2.45) is 0 Å². The van der Waals surface area contributed by atoms with Gasteiger partial charge in [0.25, 0.3) is 0 Å². The van der Waals surface area contributed by atoms with E-state index >= 15 is 0 Å². The van der Waals surface area contributed by atoms with Crippen molar-refractivity contribution in [3.05, 3.63) is 29.7 Å². The predicted octanol–water partition coefficient (Wildman–Crippen LogP) is 0.811. The number of piperidine rings is 1. The summed E-state index contributed by atoms with van der Waals surface area (Å²) in [6, 6.07) is 1.57. The minimum atomic E-state index is -3.40. The van der Waals surface area contributed by atoms with E-state index in [0.717, 1.165) is 18.7 Å². The van der Waals surface area contributed by atoms with Crippen LogP contribution in [0.2, 0.25) is 0 Å². The van der Waals surface area contributed by atoms with Gasteiger partial charge in [0.15, 0.2) is 5.82 Å². The molecule has 1 aliphatic rings. The first-order chi connectivity index (χ1) is 10.0. The number of hydrogen-bond donors (Lipinski definition) is 1. The number of H-pyrrole nitrogens is 1. The molecule has 1 fully saturated rings. The number of aryl methyl sites for hydroxylation is 1. The fourth-order valence-electron chi connectivity index (χ4n) is 2.54. The van der Waals surface area contributed by atoms with E-state index in [4.69, 9.17) is 0 Å². The van der Waals surface area contributed by atoms with Gasteiger partial charge in [0.1, 0.15) is 17.8 Å². The predicted molar refractivity (Wildman–Crippen MR) is 73.8 cm³/mol. The summed E-state index contributed by atoms with van der Waals surface area (Å²) in [5, 5.41) is 10.6. The van der Waals surface area contributed by atoms with E-state index in [1.807, 2.05) is 6.92 Å². The molecule has 21 heavy (non-hydrogen) atoms. The van der Waals surface area contributed by atoms with Crippen molar-refractivity contribution in [2.45, 2.75) is 31.4 Å². The molecule has 1 aliphatic heterocycles. The Kier molecular flexibility index (Phi) is 3.77. The lowest BCUT2D eigenvalue weighted by atomic mass is 9.99. The summed E-state index contributed by atoms with van der Waals surface area (Å²) in [6.07, 6.45) is 3.07. The highest BCUT2D eigenvalue weighted by atomic mass is 32.2. The van der Waals surface area contributed by atoms with Gasteiger partial charge in [-0.05, 0) is 19.8 Å². The Morgan fingerprint density at radius 3 is 3.05 bits per heavy atom. The van der Waals surface area contributed by atoms with E-state index in [2.05, 4.69) is 24.9 Å². The first kappa shape index (κ1) is 14.2. The standard InChI is InChI=1S/C12H17N5O3S/c1-9-13-12(15-14-9)10-3-2-5-17(7-10)21(18,19)8-11-4-6-20-16-11/h4,6,10H,2-3,5,7-8H2,1H3,(H,13,14,15). The number of nitrogens with zero attached hydrogens (tertiary/aromatic N) is 4. The molecule has 0 radical (unpaired) electrons. The summed E-state index contributed by atoms with van der Waals surface area (Å²) >= 11 is 0. The van der Waals surface area contributed by atoms with Crippen LogP contribution in [0, 0.1) is 6.92 Å². The Morgan fingerprint density at radius 1 is 1.52 bits per heavy atom. The number of nitrogens with one attached hydrogen (secondary N) is 1. The van der Waals surface area contributed by atoms with Crippen molar-refractivity contribution in [1.29, 1.82) is 0 Å². The number of rotatable bonds is 4. The second-order valence-electron chi connectivity index (χ2n) is 5.22. The van der Waals surface area contributed by atoms with Crippen molar-refractivity contribution in [2.75, 3.05) is 13.1 Å². The van der Waals surface area contributed by atoms with Gasteiger partial charge < -0.3 is 4.52 Å². The van der Waals surface area contributed by atoms with Crippen LogP contribution in [-0.2, 0) is 15.8 Å². The third-order valence-corrected chi connectivity index (χ3v) is 5.36. The molecule has 0 aromatic carbocycles. The Hall–Kier alpha value is -1.74. The van der Waals surface area contributed by atoms with Crippen molar-refractivity contribution >= 4 is 10.0 Å². The highest BCUT2D eigenvalue weighted by Crippen LogP contribution is 2.27. The second-order valence-corrected chi connectivity index (χ2v) is 7.19. The zero-order valence-corrected chi connectivity index (χ0v) is 12.5. The first-order valence-corrected chi connectivity index (χ1v) is 8.41. The SMILES string of the molecule is Cc1nc(C2CCCN(S(=O)(=O)Cc3ccon3)C2)n[nH]1. The van der Waals surface area contributed by atoms with Crippen LogP contribution in [0.1, 0.15) is 36.1 Å². The minimum absolute atomic E-state index is 0.0378. The van der Waals surface area contributed by atoms with Gasteiger partial charge in [0, 0.05) is 25.1 Å². The lowest BCUT2D eigenvalue weighted by Crippen LogP contribution is -2.40. The molecule has 1 atom stereocenters. The smallest absolute Gasteiger partial charge is 0.219 e. The van der Waals surface area contributed by atoms with Crippen molar-refractivity contribution in [3.63, 3.8) is 0 Å². The maximum absolute atomic E-state index is 12.4. The number of hydrogen-bond acceptors (Lipinski definition) is 6. The molecular formula is C12H17N5O3S. The molecule has 1 saturated heterocycles. The van der Waals surface area contributed by atoms with Gasteiger partial charge in [-0.15, -0.1) is 0 Å². The first-order valence-electron chi connectivity index (χ1n) is 6.80. The number of sulfonamides is 1. The highest BCUT2D eigenvalue weighted by molar-refractivity contribution is 7.88. The van der Waals surface area contributed by atoms with Gasteiger partial charge in [-0.1, -0.05) is 5.16 Å². The minimum Gasteiger partial charge on any atom is -0.364 e. The summed E-state index contributed by atoms with van der Waals surface area (Å²) in [5.74, 6) is 1.33. The zero-order chi connectivity index (χ0) is 14.9. The summed E-state index contributed by atoms with van der Waals surface area (Å²) in [5.41, 5.74) is 0.422. The number of aromatic amines is 1. The molecular weight excluding hydrogens is 294 g/mol. The van der Waals surface area contributed by atoms with Crippen LogP contribution in [0.25, 0.3) is 0 Å². The molecule has 0 amide bonds. The van der Waals surface area contributed by atoms with Gasteiger partial charge >= 0.3 is 0 Å². The molecule has 0 bridgehead atoms. The van der Waals surface area contributed by atoms with E-state index in [1.165, 1.54) is 10.6 Å². The second kappa shape index (κ2) is 5.57. The van der Waals surface area contributed by atoms with Crippen molar-refractivity contribution in [1.82, 2.24) is 24.6 Å². The third-order valence-electron chi connectivity index (χ3n) is 3.58. The average Bonchev–Trinajstić information content (AvgIpc) is 3.10. The fourth-order valence-corrected chi connectivity index (χ4v) is 4.06. The molecule has 3 rings (SSSR count). The lowest BCUT2D eigenvalue weighted by molar-refractivity contribution is 0.308. The molecule has 2 aromatic rings. The summed E-state index contributed by atoms with van der Waals surface area (Å²) in [7, 11) is -3.40. The number of aromatic nitrogens is 4. The van der Waals surface area contributed by atoms with Crippen LogP contribution < -0.4 is 0 Å². The Morgan fingerprint density at radius 2 is 2.38 bits per heavy atom. The van der Waals surface area contributed by atoms with Crippen molar-refractivity contribution in [3.8, 4) is 0 Å². The van der Waals surface area contributed by atoms with E-state index < -0.39 is 10.0 Å². The normalized spacial score (nSPS) is 20.7. The van der Waals surface area contributed by atoms with Gasteiger partial charge in [-0.25, -0.2) is 17.7 Å². The van der Waals surface area contributed by atoms with E-state index in [0.29, 0.717) is 24.6 Å². The molecule has 0 spiro atoms. The van der Waals surface area contributed by atoms with Crippen molar-refractivity contribution < 1.29 is 12.9 Å². The molecule has 8 nitrogen and oxygen atoms in total. The van der Waals surface area contributed by atoms with Crippen LogP contribution in [0.4, 0.5) is 0 Å². The van der Waals surface area contributed by atoms with Crippen LogP contribution in [-0.4, -0.2) is 46.2 Å². The average molecular weight is 311 g/mol. The molecule has 0 aliphatic carbocycles. The Balaban J connectivity index is 1.73. The molecule has 1 unspecified atom stereocenters. The van der Waals surface area contributed by atoms with Gasteiger partial charge in [0.2, 0.25) is 10.0 Å². The molecule has 1 N–H and O–H groups in total. The summed E-state index contributed by atoms with van der Waals surface area (Å²) < 4.78 is 31.0. The van der Waals surface area contributed by atoms with Crippen LogP contribution in [0.3, 0.4) is 0 Å². The topological polar surface area (TPSA) is 105 Å². The quantitative estimate of drug-likeness (QED) is 0.896. The molecule has 0 saturated carbocycles.